The molecule has 0 saturated carbocycles. The number of thioether (sulfide) groups is 1. The van der Waals surface area contributed by atoms with Gasteiger partial charge in [0.05, 0.1) is 11.1 Å². The van der Waals surface area contributed by atoms with Crippen LogP contribution in [0.5, 0.6) is 0 Å². The van der Waals surface area contributed by atoms with Gasteiger partial charge in [0.15, 0.2) is 5.16 Å². The molecule has 3 rings (SSSR count). The van der Waals surface area contributed by atoms with E-state index in [9.17, 15) is 22.4 Å². The van der Waals surface area contributed by atoms with Crippen LogP contribution in [-0.2, 0) is 12.6 Å². The van der Waals surface area contributed by atoms with Gasteiger partial charge in [-0.3, -0.25) is 9.36 Å². The average molecular weight is 424 g/mol. The molecular formula is C19H16F4N4OS. The lowest BCUT2D eigenvalue weighted by molar-refractivity contribution is -0.137. The van der Waals surface area contributed by atoms with Crippen LogP contribution in [0.1, 0.15) is 21.7 Å². The molecule has 0 radical (unpaired) electrons. The predicted octanol–water partition coefficient (Wildman–Crippen LogP) is 4.12. The summed E-state index contributed by atoms with van der Waals surface area (Å²) in [5, 5.41) is 11.2. The maximum absolute atomic E-state index is 13.2. The van der Waals surface area contributed by atoms with E-state index in [1.54, 1.807) is 16.7 Å². The number of alkyl halides is 3. The van der Waals surface area contributed by atoms with E-state index in [1.807, 2.05) is 6.26 Å². The lowest BCUT2D eigenvalue weighted by Crippen LogP contribution is -2.28. The third-order valence-corrected chi connectivity index (χ3v) is 4.71. The minimum absolute atomic E-state index is 0.0543. The molecular weight excluding hydrogens is 408 g/mol. The molecule has 152 valence electrons. The number of amides is 1. The molecule has 2 aromatic carbocycles. The quantitative estimate of drug-likeness (QED) is 0.478. The zero-order chi connectivity index (χ0) is 21.0. The number of nitrogens with one attached hydrogen (secondary N) is 1. The van der Waals surface area contributed by atoms with E-state index < -0.39 is 23.2 Å². The number of halogens is 4. The van der Waals surface area contributed by atoms with Crippen LogP contribution in [0.15, 0.2) is 53.7 Å². The molecule has 3 aromatic rings. The average Bonchev–Trinajstić information content (AvgIpc) is 3.11. The second-order valence-electron chi connectivity index (χ2n) is 5.96. The zero-order valence-electron chi connectivity index (χ0n) is 15.2. The van der Waals surface area contributed by atoms with E-state index >= 15 is 0 Å². The summed E-state index contributed by atoms with van der Waals surface area (Å²) in [6.07, 6.45) is -2.58. The number of hydrogen-bond donors (Lipinski definition) is 1. The van der Waals surface area contributed by atoms with Gasteiger partial charge in [-0.15, -0.1) is 10.2 Å². The van der Waals surface area contributed by atoms with Crippen molar-refractivity contribution in [2.75, 3.05) is 12.8 Å². The van der Waals surface area contributed by atoms with Crippen molar-refractivity contribution in [3.63, 3.8) is 0 Å². The summed E-state index contributed by atoms with van der Waals surface area (Å²) in [5.74, 6) is -0.717. The van der Waals surface area contributed by atoms with Crippen LogP contribution < -0.4 is 5.32 Å². The van der Waals surface area contributed by atoms with Crippen molar-refractivity contribution < 1.29 is 22.4 Å². The lowest BCUT2D eigenvalue weighted by Gasteiger charge is -2.13. The number of carbonyl (C=O) groups is 1. The van der Waals surface area contributed by atoms with Gasteiger partial charge in [0, 0.05) is 18.7 Å². The van der Waals surface area contributed by atoms with Gasteiger partial charge in [-0.1, -0.05) is 23.9 Å². The van der Waals surface area contributed by atoms with Crippen molar-refractivity contribution in [2.45, 2.75) is 17.8 Å². The van der Waals surface area contributed by atoms with Crippen LogP contribution >= 0.6 is 11.8 Å². The first-order valence-corrected chi connectivity index (χ1v) is 9.72. The van der Waals surface area contributed by atoms with Crippen molar-refractivity contribution in [2.24, 2.45) is 0 Å². The van der Waals surface area contributed by atoms with E-state index in [0.717, 1.165) is 12.1 Å². The normalized spacial score (nSPS) is 11.5. The fraction of sp³-hybridized carbons (Fsp3) is 0.211. The summed E-state index contributed by atoms with van der Waals surface area (Å²) in [5.41, 5.74) is -0.786. The first kappa shape index (κ1) is 20.8. The van der Waals surface area contributed by atoms with Gasteiger partial charge in [0.1, 0.15) is 11.6 Å². The van der Waals surface area contributed by atoms with Crippen LogP contribution in [0.4, 0.5) is 17.6 Å². The fourth-order valence-electron chi connectivity index (χ4n) is 2.76. The zero-order valence-corrected chi connectivity index (χ0v) is 16.0. The van der Waals surface area contributed by atoms with E-state index in [1.165, 1.54) is 36.0 Å². The van der Waals surface area contributed by atoms with E-state index in [4.69, 9.17) is 0 Å². The van der Waals surface area contributed by atoms with E-state index in [0.29, 0.717) is 16.7 Å². The van der Waals surface area contributed by atoms with Crippen LogP contribution in [0.3, 0.4) is 0 Å². The van der Waals surface area contributed by atoms with Gasteiger partial charge in [0.25, 0.3) is 5.91 Å². The third kappa shape index (κ3) is 4.76. The van der Waals surface area contributed by atoms with Gasteiger partial charge in [-0.25, -0.2) is 4.39 Å². The number of benzene rings is 2. The van der Waals surface area contributed by atoms with Gasteiger partial charge < -0.3 is 5.32 Å². The van der Waals surface area contributed by atoms with Crippen molar-refractivity contribution in [1.29, 1.82) is 0 Å². The molecule has 1 N–H and O–H groups in total. The Balaban J connectivity index is 1.74. The van der Waals surface area contributed by atoms with E-state index in [2.05, 4.69) is 15.5 Å². The van der Waals surface area contributed by atoms with Crippen molar-refractivity contribution >= 4 is 17.7 Å². The summed E-state index contributed by atoms with van der Waals surface area (Å²) in [6.45, 7) is 0.0543. The molecule has 1 heterocycles. The van der Waals surface area contributed by atoms with Crippen molar-refractivity contribution in [1.82, 2.24) is 20.1 Å². The molecule has 0 aliphatic heterocycles. The molecule has 0 bridgehead atoms. The molecule has 0 saturated heterocycles. The summed E-state index contributed by atoms with van der Waals surface area (Å²) in [6, 6.07) is 10.4. The van der Waals surface area contributed by atoms with Gasteiger partial charge in [0.2, 0.25) is 0 Å². The SMILES string of the molecule is CSc1nnc(CCNC(=O)c2ccccc2C(F)(F)F)n1-c1ccc(F)cc1. The minimum atomic E-state index is -4.62. The van der Waals surface area contributed by atoms with Gasteiger partial charge in [-0.05, 0) is 42.7 Å². The Hall–Kier alpha value is -2.88. The number of nitrogens with zero attached hydrogens (tertiary/aromatic N) is 3. The first-order valence-electron chi connectivity index (χ1n) is 8.50. The third-order valence-electron chi connectivity index (χ3n) is 4.08. The lowest BCUT2D eigenvalue weighted by atomic mass is 10.1. The fourth-order valence-corrected chi connectivity index (χ4v) is 3.27. The highest BCUT2D eigenvalue weighted by Crippen LogP contribution is 2.31. The Kier molecular flexibility index (Phi) is 6.21. The number of hydrogen-bond acceptors (Lipinski definition) is 4. The van der Waals surface area contributed by atoms with Gasteiger partial charge >= 0.3 is 6.18 Å². The van der Waals surface area contributed by atoms with Crippen LogP contribution in [0, 0.1) is 5.82 Å². The monoisotopic (exact) mass is 424 g/mol. The molecule has 0 aliphatic rings. The first-order chi connectivity index (χ1) is 13.8. The highest BCUT2D eigenvalue weighted by Gasteiger charge is 2.34. The van der Waals surface area contributed by atoms with E-state index in [-0.39, 0.29) is 18.8 Å². The Morgan fingerprint density at radius 2 is 1.79 bits per heavy atom. The molecule has 1 amide bonds. The summed E-state index contributed by atoms with van der Waals surface area (Å²) < 4.78 is 54.1. The summed E-state index contributed by atoms with van der Waals surface area (Å²) >= 11 is 1.34. The molecule has 0 unspecified atom stereocenters. The molecule has 10 heteroatoms. The number of rotatable bonds is 6. The van der Waals surface area contributed by atoms with Crippen LogP contribution in [0.2, 0.25) is 0 Å². The smallest absolute Gasteiger partial charge is 0.352 e. The maximum Gasteiger partial charge on any atom is 0.417 e. The summed E-state index contributed by atoms with van der Waals surface area (Å²) in [4.78, 5) is 12.3. The van der Waals surface area contributed by atoms with Crippen molar-refractivity contribution in [3.8, 4) is 5.69 Å². The topological polar surface area (TPSA) is 59.8 Å². The number of aromatic nitrogens is 3. The molecule has 29 heavy (non-hydrogen) atoms. The molecule has 1 aromatic heterocycles. The van der Waals surface area contributed by atoms with Crippen LogP contribution in [-0.4, -0.2) is 33.5 Å². The Morgan fingerprint density at radius 1 is 1.10 bits per heavy atom. The minimum Gasteiger partial charge on any atom is -0.352 e. The molecule has 0 spiro atoms. The van der Waals surface area contributed by atoms with Crippen molar-refractivity contribution in [3.05, 3.63) is 71.3 Å². The molecule has 0 atom stereocenters. The molecule has 0 fully saturated rings. The van der Waals surface area contributed by atoms with Gasteiger partial charge in [-0.2, -0.15) is 13.2 Å². The Labute approximate surface area is 168 Å². The molecule has 5 nitrogen and oxygen atoms in total. The second-order valence-corrected chi connectivity index (χ2v) is 6.74. The maximum atomic E-state index is 13.2. The second kappa shape index (κ2) is 8.64. The predicted molar refractivity (Wildman–Crippen MR) is 101 cm³/mol. The largest absolute Gasteiger partial charge is 0.417 e. The summed E-state index contributed by atoms with van der Waals surface area (Å²) in [7, 11) is 0. The highest BCUT2D eigenvalue weighted by molar-refractivity contribution is 7.98. The standard InChI is InChI=1S/C19H16F4N4OS/c1-29-18-26-25-16(27(18)13-8-6-12(20)7-9-13)10-11-24-17(28)14-4-2-3-5-15(14)19(21,22)23/h2-9H,10-11H2,1H3,(H,24,28). The Bertz CT molecular complexity index is 1000. The van der Waals surface area contributed by atoms with Crippen LogP contribution in [0.25, 0.3) is 5.69 Å². The highest BCUT2D eigenvalue weighted by atomic mass is 32.2. The Morgan fingerprint density at radius 3 is 2.45 bits per heavy atom. The number of carbonyl (C=O) groups excluding carboxylic acids is 1. The molecule has 0 aliphatic carbocycles.